The number of anilines is 1. The van der Waals surface area contributed by atoms with E-state index in [1.165, 1.54) is 20.3 Å². The van der Waals surface area contributed by atoms with Gasteiger partial charge in [0.15, 0.2) is 11.5 Å². The minimum absolute atomic E-state index is 0.0100. The second-order valence-corrected chi connectivity index (χ2v) is 2.23. The van der Waals surface area contributed by atoms with Gasteiger partial charge in [0.05, 0.1) is 14.2 Å². The molecule has 0 aromatic heterocycles. The summed E-state index contributed by atoms with van der Waals surface area (Å²) in [5.74, 6) is 0.745. The van der Waals surface area contributed by atoms with E-state index in [1.807, 2.05) is 0 Å². The molecule has 3 N–H and O–H groups in total. The molecule has 0 bridgehead atoms. The van der Waals surface area contributed by atoms with Gasteiger partial charge in [-0.15, -0.1) is 0 Å². The molecule has 0 saturated heterocycles. The Morgan fingerprint density at radius 3 is 2.42 bits per heavy atom. The van der Waals surface area contributed by atoms with Crippen LogP contribution in [0.15, 0.2) is 12.1 Å². The van der Waals surface area contributed by atoms with E-state index in [4.69, 9.17) is 15.2 Å². The maximum atomic E-state index is 9.25. The van der Waals surface area contributed by atoms with Gasteiger partial charge in [0.2, 0.25) is 0 Å². The van der Waals surface area contributed by atoms with Gasteiger partial charge in [-0.2, -0.15) is 0 Å². The summed E-state index contributed by atoms with van der Waals surface area (Å²) in [6.07, 6.45) is 0. The van der Waals surface area contributed by atoms with Crippen molar-refractivity contribution in [2.45, 2.75) is 0 Å². The molecule has 4 nitrogen and oxygen atoms in total. The van der Waals surface area contributed by atoms with E-state index in [0.717, 1.165) is 0 Å². The van der Waals surface area contributed by atoms with Crippen LogP contribution in [0, 0.1) is 0 Å². The van der Waals surface area contributed by atoms with Crippen molar-refractivity contribution in [1.82, 2.24) is 0 Å². The topological polar surface area (TPSA) is 64.7 Å². The Labute approximate surface area is 70.5 Å². The number of phenolic OH excluding ortho intramolecular Hbond substituents is 1. The lowest BCUT2D eigenvalue weighted by Crippen LogP contribution is -1.96. The molecule has 0 radical (unpaired) electrons. The summed E-state index contributed by atoms with van der Waals surface area (Å²) in [4.78, 5) is 0. The molecule has 0 unspecified atom stereocenters. The zero-order chi connectivity index (χ0) is 9.14. The minimum Gasteiger partial charge on any atom is -0.504 e. The number of nitrogens with two attached hydrogens (primary N) is 1. The van der Waals surface area contributed by atoms with Crippen molar-refractivity contribution < 1.29 is 14.6 Å². The molecule has 12 heavy (non-hydrogen) atoms. The summed E-state index contributed by atoms with van der Waals surface area (Å²) in [7, 11) is 2.94. The number of aromatic hydroxyl groups is 1. The SMILES string of the molecule is COc1ccc(O)c(OC)c1N. The average molecular weight is 169 g/mol. The Bertz CT molecular complexity index is 286. The lowest BCUT2D eigenvalue weighted by molar-refractivity contribution is 0.367. The van der Waals surface area contributed by atoms with Gasteiger partial charge in [-0.05, 0) is 12.1 Å². The fourth-order valence-corrected chi connectivity index (χ4v) is 0.962. The molecule has 4 heteroatoms. The van der Waals surface area contributed by atoms with Crippen LogP contribution in [0.2, 0.25) is 0 Å². The van der Waals surface area contributed by atoms with Gasteiger partial charge in [-0.25, -0.2) is 0 Å². The Kier molecular flexibility index (Phi) is 2.28. The van der Waals surface area contributed by atoms with Crippen LogP contribution in [0.3, 0.4) is 0 Å². The lowest BCUT2D eigenvalue weighted by atomic mass is 10.2. The number of hydrogen-bond donors (Lipinski definition) is 2. The summed E-state index contributed by atoms with van der Waals surface area (Å²) in [5.41, 5.74) is 5.90. The van der Waals surface area contributed by atoms with E-state index in [1.54, 1.807) is 6.07 Å². The maximum Gasteiger partial charge on any atom is 0.187 e. The highest BCUT2D eigenvalue weighted by Crippen LogP contribution is 2.38. The Morgan fingerprint density at radius 1 is 1.25 bits per heavy atom. The number of nitrogen functional groups attached to an aromatic ring is 1. The van der Waals surface area contributed by atoms with E-state index in [0.29, 0.717) is 11.4 Å². The number of phenols is 1. The van der Waals surface area contributed by atoms with E-state index in [9.17, 15) is 5.11 Å². The molecule has 0 aliphatic heterocycles. The van der Waals surface area contributed by atoms with Gasteiger partial charge in [-0.3, -0.25) is 0 Å². The van der Waals surface area contributed by atoms with Crippen LogP contribution >= 0.6 is 0 Å². The van der Waals surface area contributed by atoms with Crippen molar-refractivity contribution in [2.75, 3.05) is 20.0 Å². The van der Waals surface area contributed by atoms with Crippen LogP contribution < -0.4 is 15.2 Å². The third-order valence-electron chi connectivity index (χ3n) is 1.56. The maximum absolute atomic E-state index is 9.25. The van der Waals surface area contributed by atoms with Crippen molar-refractivity contribution in [2.24, 2.45) is 0 Å². The minimum atomic E-state index is 0.0100. The smallest absolute Gasteiger partial charge is 0.187 e. The highest BCUT2D eigenvalue weighted by atomic mass is 16.5. The number of ether oxygens (including phenoxy) is 2. The summed E-state index contributed by atoms with van der Waals surface area (Å²) >= 11 is 0. The van der Waals surface area contributed by atoms with Crippen molar-refractivity contribution in [3.05, 3.63) is 12.1 Å². The van der Waals surface area contributed by atoms with Gasteiger partial charge in [0, 0.05) is 0 Å². The van der Waals surface area contributed by atoms with Crippen molar-refractivity contribution in [3.63, 3.8) is 0 Å². The largest absolute Gasteiger partial charge is 0.504 e. The zero-order valence-electron chi connectivity index (χ0n) is 7.00. The summed E-state index contributed by atoms with van der Waals surface area (Å²) in [5, 5.41) is 9.25. The first-order valence-corrected chi connectivity index (χ1v) is 3.40. The van der Waals surface area contributed by atoms with E-state index in [2.05, 4.69) is 0 Å². The molecular formula is C8H11NO3. The summed E-state index contributed by atoms with van der Waals surface area (Å²) in [6.45, 7) is 0. The third kappa shape index (κ3) is 1.23. The van der Waals surface area contributed by atoms with Gasteiger partial charge in [-0.1, -0.05) is 0 Å². The summed E-state index contributed by atoms with van der Waals surface area (Å²) in [6, 6.07) is 3.04. The molecule has 1 aromatic rings. The fourth-order valence-electron chi connectivity index (χ4n) is 0.962. The molecule has 0 spiro atoms. The summed E-state index contributed by atoms with van der Waals surface area (Å²) < 4.78 is 9.79. The van der Waals surface area contributed by atoms with Gasteiger partial charge in [0.1, 0.15) is 11.4 Å². The first-order valence-electron chi connectivity index (χ1n) is 3.40. The van der Waals surface area contributed by atoms with Gasteiger partial charge < -0.3 is 20.3 Å². The van der Waals surface area contributed by atoms with Crippen LogP contribution in [0.5, 0.6) is 17.2 Å². The number of rotatable bonds is 2. The second kappa shape index (κ2) is 3.21. The fraction of sp³-hybridized carbons (Fsp3) is 0.250. The lowest BCUT2D eigenvalue weighted by Gasteiger charge is -2.09. The van der Waals surface area contributed by atoms with Crippen molar-refractivity contribution >= 4 is 5.69 Å². The van der Waals surface area contributed by atoms with Crippen LogP contribution in [0.4, 0.5) is 5.69 Å². The molecule has 0 saturated carbocycles. The predicted molar refractivity (Wildman–Crippen MR) is 45.6 cm³/mol. The van der Waals surface area contributed by atoms with Gasteiger partial charge in [0.25, 0.3) is 0 Å². The standard InChI is InChI=1S/C8H11NO3/c1-11-6-4-3-5(10)8(12-2)7(6)9/h3-4,10H,9H2,1-2H3. The second-order valence-electron chi connectivity index (χ2n) is 2.23. The first kappa shape index (κ1) is 8.52. The highest BCUT2D eigenvalue weighted by Gasteiger charge is 2.10. The van der Waals surface area contributed by atoms with E-state index >= 15 is 0 Å². The number of benzene rings is 1. The van der Waals surface area contributed by atoms with Crippen LogP contribution in [0.25, 0.3) is 0 Å². The molecule has 0 aliphatic rings. The third-order valence-corrected chi connectivity index (χ3v) is 1.56. The molecule has 0 aliphatic carbocycles. The van der Waals surface area contributed by atoms with Crippen LogP contribution in [-0.4, -0.2) is 19.3 Å². The van der Waals surface area contributed by atoms with Crippen LogP contribution in [-0.2, 0) is 0 Å². The highest BCUT2D eigenvalue weighted by molar-refractivity contribution is 5.67. The van der Waals surface area contributed by atoms with E-state index < -0.39 is 0 Å². The Morgan fingerprint density at radius 2 is 1.92 bits per heavy atom. The molecule has 0 amide bonds. The van der Waals surface area contributed by atoms with Crippen LogP contribution in [0.1, 0.15) is 0 Å². The first-order chi connectivity index (χ1) is 5.70. The average Bonchev–Trinajstić information content (AvgIpc) is 2.06. The quantitative estimate of drug-likeness (QED) is 0.648. The number of hydrogen-bond acceptors (Lipinski definition) is 4. The molecule has 0 heterocycles. The Hall–Kier alpha value is -1.58. The molecule has 0 atom stereocenters. The Balaban J connectivity index is 3.24. The predicted octanol–water partition coefficient (Wildman–Crippen LogP) is 0.992. The molecular weight excluding hydrogens is 158 g/mol. The molecule has 1 aromatic carbocycles. The molecule has 1 rings (SSSR count). The molecule has 66 valence electrons. The van der Waals surface area contributed by atoms with Crippen molar-refractivity contribution in [1.29, 1.82) is 0 Å². The van der Waals surface area contributed by atoms with Gasteiger partial charge >= 0.3 is 0 Å². The normalized spacial score (nSPS) is 9.50. The van der Waals surface area contributed by atoms with Crippen molar-refractivity contribution in [3.8, 4) is 17.2 Å². The zero-order valence-corrected chi connectivity index (χ0v) is 7.00. The molecule has 0 fully saturated rings. The van der Waals surface area contributed by atoms with E-state index in [-0.39, 0.29) is 11.5 Å². The number of methoxy groups -OCH3 is 2. The monoisotopic (exact) mass is 169 g/mol.